The molecule has 0 aliphatic heterocycles. The molecule has 0 spiro atoms. The topological polar surface area (TPSA) is 74.7 Å². The maximum Gasteiger partial charge on any atom is 0.200 e. The summed E-state index contributed by atoms with van der Waals surface area (Å²) in [5.41, 5.74) is -1.20. The van der Waals surface area contributed by atoms with Crippen molar-refractivity contribution in [3.8, 4) is 5.40 Å². The van der Waals surface area contributed by atoms with Crippen LogP contribution in [0.5, 0.6) is 0 Å². The third-order valence-electron chi connectivity index (χ3n) is 5.55. The molecule has 26 heavy (non-hydrogen) atoms. The zero-order chi connectivity index (χ0) is 18.9. The second-order valence-corrected chi connectivity index (χ2v) is 8.13. The van der Waals surface area contributed by atoms with Crippen LogP contribution in [0, 0.1) is 33.6 Å². The lowest BCUT2D eigenvalue weighted by molar-refractivity contribution is -0.0924. The van der Waals surface area contributed by atoms with Gasteiger partial charge in [0, 0.05) is 17.8 Å². The second kappa shape index (κ2) is 6.97. The number of thioether (sulfide) groups is 1. The van der Waals surface area contributed by atoms with Crippen LogP contribution in [-0.4, -0.2) is 25.5 Å². The normalized spacial score (nSPS) is 24.5. The second-order valence-electron chi connectivity index (χ2n) is 7.38. The van der Waals surface area contributed by atoms with Crippen molar-refractivity contribution >= 4 is 11.8 Å². The number of thiocyanates is 1. The van der Waals surface area contributed by atoms with Crippen LogP contribution in [0.4, 0.5) is 8.78 Å². The van der Waals surface area contributed by atoms with Crippen LogP contribution in [0.1, 0.15) is 32.3 Å². The van der Waals surface area contributed by atoms with Crippen LogP contribution in [0.2, 0.25) is 0 Å². The average molecular weight is 378 g/mol. The van der Waals surface area contributed by atoms with Crippen molar-refractivity contribution in [2.45, 2.75) is 50.4 Å². The van der Waals surface area contributed by atoms with Crippen LogP contribution in [0.3, 0.4) is 0 Å². The zero-order valence-corrected chi connectivity index (χ0v) is 15.4. The molecule has 1 aliphatic carbocycles. The molecular weight excluding hydrogens is 358 g/mol. The molecule has 2 atom stereocenters. The van der Waals surface area contributed by atoms with Gasteiger partial charge >= 0.3 is 0 Å². The Morgan fingerprint density at radius 1 is 1.42 bits per heavy atom. The molecule has 1 aromatic carbocycles. The van der Waals surface area contributed by atoms with Crippen LogP contribution in [0.25, 0.3) is 0 Å². The van der Waals surface area contributed by atoms with Crippen molar-refractivity contribution in [2.75, 3.05) is 0 Å². The van der Waals surface area contributed by atoms with Gasteiger partial charge in [-0.25, -0.2) is 18.4 Å². The molecule has 0 saturated heterocycles. The molecule has 5 nitrogen and oxygen atoms in total. The minimum atomic E-state index is -1.16. The number of hydrogen-bond acceptors (Lipinski definition) is 5. The molecule has 2 aromatic rings. The first-order valence-electron chi connectivity index (χ1n) is 8.37. The van der Waals surface area contributed by atoms with Gasteiger partial charge in [0.1, 0.15) is 23.4 Å². The third-order valence-corrected chi connectivity index (χ3v) is 6.14. The number of rotatable bonds is 5. The highest BCUT2D eigenvalue weighted by Crippen LogP contribution is 2.51. The quantitative estimate of drug-likeness (QED) is 0.636. The summed E-state index contributed by atoms with van der Waals surface area (Å²) in [6.45, 7) is 4.11. The Labute approximate surface area is 155 Å². The molecule has 1 aliphatic rings. The van der Waals surface area contributed by atoms with E-state index in [4.69, 9.17) is 5.26 Å². The summed E-state index contributed by atoms with van der Waals surface area (Å²) in [5, 5.41) is 27.0. The molecule has 1 fully saturated rings. The molecule has 1 aromatic heterocycles. The van der Waals surface area contributed by atoms with Crippen molar-refractivity contribution in [1.82, 2.24) is 14.8 Å². The fourth-order valence-corrected chi connectivity index (χ4v) is 4.22. The number of benzene rings is 1. The number of hydrogen-bond donors (Lipinski definition) is 1. The van der Waals surface area contributed by atoms with E-state index in [1.54, 1.807) is 0 Å². The Hall–Kier alpha value is -1.98. The van der Waals surface area contributed by atoms with Crippen molar-refractivity contribution in [2.24, 2.45) is 11.3 Å². The summed E-state index contributed by atoms with van der Waals surface area (Å²) in [6, 6.07) is 3.53. The molecule has 2 unspecified atom stereocenters. The van der Waals surface area contributed by atoms with E-state index in [0.717, 1.165) is 30.7 Å². The summed E-state index contributed by atoms with van der Waals surface area (Å²) >= 11 is 0.882. The number of aromatic nitrogens is 3. The van der Waals surface area contributed by atoms with Gasteiger partial charge in [-0.15, -0.1) is 0 Å². The molecule has 1 saturated carbocycles. The van der Waals surface area contributed by atoms with Crippen molar-refractivity contribution in [3.05, 3.63) is 41.7 Å². The predicted molar refractivity (Wildman–Crippen MR) is 93.0 cm³/mol. The molecule has 8 heteroatoms. The third kappa shape index (κ3) is 3.33. The van der Waals surface area contributed by atoms with Crippen LogP contribution < -0.4 is 0 Å². The number of halogens is 2. The lowest BCUT2D eigenvalue weighted by Gasteiger charge is -2.41. The highest BCUT2D eigenvalue weighted by atomic mass is 32.2. The largest absolute Gasteiger partial charge is 0.387 e. The molecule has 0 radical (unpaired) electrons. The van der Waals surface area contributed by atoms with Gasteiger partial charge in [-0.1, -0.05) is 19.9 Å². The standard InChI is InChI=1S/C18H20F2N4OS/c1-17(2)6-5-13(7-12-3-4-14(19)8-15(12)20)18(17,25)9-24-16(26-10-21)22-11-23-24/h3-4,8,11,13,25H,5-7,9H2,1-2H3. The highest BCUT2D eigenvalue weighted by Gasteiger charge is 2.54. The van der Waals surface area contributed by atoms with E-state index in [-0.39, 0.29) is 12.5 Å². The lowest BCUT2D eigenvalue weighted by atomic mass is 9.72. The summed E-state index contributed by atoms with van der Waals surface area (Å²) in [7, 11) is 0. The van der Waals surface area contributed by atoms with Gasteiger partial charge in [0.2, 0.25) is 5.16 Å². The van der Waals surface area contributed by atoms with Gasteiger partial charge in [0.25, 0.3) is 0 Å². The Bertz CT molecular complexity index is 848. The SMILES string of the molecule is CC1(C)CCC(Cc2ccc(F)cc2F)C1(O)Cn1ncnc1SC#N. The molecule has 1 N–H and O–H groups in total. The highest BCUT2D eigenvalue weighted by molar-refractivity contribution is 8.03. The first-order valence-corrected chi connectivity index (χ1v) is 9.18. The molecular formula is C18H20F2N4OS. The van der Waals surface area contributed by atoms with E-state index < -0.39 is 22.7 Å². The van der Waals surface area contributed by atoms with Crippen LogP contribution in [-0.2, 0) is 13.0 Å². The first kappa shape index (κ1) is 18.8. The summed E-state index contributed by atoms with van der Waals surface area (Å²) < 4.78 is 28.8. The van der Waals surface area contributed by atoms with Crippen LogP contribution in [0.15, 0.2) is 29.7 Å². The van der Waals surface area contributed by atoms with E-state index >= 15 is 0 Å². The minimum absolute atomic E-state index is 0.164. The number of aliphatic hydroxyl groups is 1. The fourth-order valence-electron chi connectivity index (χ4n) is 3.82. The monoisotopic (exact) mass is 378 g/mol. The Balaban J connectivity index is 1.90. The van der Waals surface area contributed by atoms with Crippen molar-refractivity contribution in [1.29, 1.82) is 5.26 Å². The summed E-state index contributed by atoms with van der Waals surface area (Å²) in [4.78, 5) is 4.04. The zero-order valence-electron chi connectivity index (χ0n) is 14.6. The van der Waals surface area contributed by atoms with E-state index in [1.807, 2.05) is 19.2 Å². The van der Waals surface area contributed by atoms with Gasteiger partial charge in [-0.05, 0) is 42.2 Å². The van der Waals surface area contributed by atoms with Gasteiger partial charge < -0.3 is 5.11 Å². The molecule has 3 rings (SSSR count). The maximum absolute atomic E-state index is 14.1. The number of nitriles is 1. The molecule has 0 amide bonds. The smallest absolute Gasteiger partial charge is 0.200 e. The molecule has 138 valence electrons. The predicted octanol–water partition coefficient (Wildman–Crippen LogP) is 3.54. The summed E-state index contributed by atoms with van der Waals surface area (Å²) in [5.74, 6) is -1.44. The van der Waals surface area contributed by atoms with E-state index in [9.17, 15) is 13.9 Å². The Morgan fingerprint density at radius 2 is 2.19 bits per heavy atom. The van der Waals surface area contributed by atoms with Crippen LogP contribution >= 0.6 is 11.8 Å². The van der Waals surface area contributed by atoms with E-state index in [2.05, 4.69) is 10.1 Å². The van der Waals surface area contributed by atoms with E-state index in [0.29, 0.717) is 17.1 Å². The average Bonchev–Trinajstić information content (AvgIpc) is 3.08. The summed E-state index contributed by atoms with van der Waals surface area (Å²) in [6.07, 6.45) is 3.14. The molecule has 1 heterocycles. The van der Waals surface area contributed by atoms with Gasteiger partial charge in [0.15, 0.2) is 0 Å². The van der Waals surface area contributed by atoms with Gasteiger partial charge in [-0.3, -0.25) is 0 Å². The number of nitrogens with zero attached hydrogens (tertiary/aromatic N) is 4. The van der Waals surface area contributed by atoms with Crippen molar-refractivity contribution in [3.63, 3.8) is 0 Å². The Kier molecular flexibility index (Phi) is 5.04. The Morgan fingerprint density at radius 3 is 2.88 bits per heavy atom. The van der Waals surface area contributed by atoms with Gasteiger partial charge in [0.05, 0.1) is 12.1 Å². The fraction of sp³-hybridized carbons (Fsp3) is 0.500. The van der Waals surface area contributed by atoms with Gasteiger partial charge in [-0.2, -0.15) is 10.4 Å². The first-order chi connectivity index (χ1) is 12.3. The maximum atomic E-state index is 14.1. The van der Waals surface area contributed by atoms with E-state index in [1.165, 1.54) is 23.1 Å². The lowest BCUT2D eigenvalue weighted by Crippen LogP contribution is -2.49. The van der Waals surface area contributed by atoms with Crippen molar-refractivity contribution < 1.29 is 13.9 Å². The molecule has 0 bridgehead atoms. The minimum Gasteiger partial charge on any atom is -0.387 e.